The second kappa shape index (κ2) is 7.25. The molecule has 1 heterocycles. The Balaban J connectivity index is 1.72. The molecule has 0 radical (unpaired) electrons. The van der Waals surface area contributed by atoms with Gasteiger partial charge >= 0.3 is 0 Å². The third kappa shape index (κ3) is 3.57. The molecule has 0 saturated carbocycles. The van der Waals surface area contributed by atoms with Gasteiger partial charge in [-0.3, -0.25) is 9.59 Å². The highest BCUT2D eigenvalue weighted by molar-refractivity contribution is 6.09. The predicted molar refractivity (Wildman–Crippen MR) is 95.3 cm³/mol. The molecule has 0 atom stereocenters. The van der Waals surface area contributed by atoms with Crippen LogP contribution in [0.3, 0.4) is 0 Å². The molecule has 0 spiro atoms. The number of anilines is 2. The fourth-order valence-electron chi connectivity index (χ4n) is 2.88. The van der Waals surface area contributed by atoms with Crippen molar-refractivity contribution in [3.05, 3.63) is 48.0 Å². The van der Waals surface area contributed by atoms with Crippen molar-refractivity contribution >= 4 is 23.2 Å². The van der Waals surface area contributed by atoms with E-state index in [0.29, 0.717) is 30.0 Å². The molecular formula is C19H20N2O4. The number of nitrogens with zero attached hydrogens (tertiary/aromatic N) is 1. The fraction of sp³-hybridized carbons (Fsp3) is 0.263. The first-order valence-corrected chi connectivity index (χ1v) is 8.02. The number of aryl methyl sites for hydroxylation is 1. The van der Waals surface area contributed by atoms with Gasteiger partial charge in [-0.2, -0.15) is 0 Å². The first kappa shape index (κ1) is 16.8. The molecule has 2 aromatic carbocycles. The number of benzene rings is 2. The standard InChI is InChI=1S/C19H20N2O4/c1-24-16-9-7-13(11-17(16)25-2)8-10-19(23)21-12-18(22)20-14-5-3-4-6-15(14)21/h3-7,9,11H,8,10,12H2,1-2H3,(H,20,22). The van der Waals surface area contributed by atoms with E-state index in [2.05, 4.69) is 5.32 Å². The molecule has 1 aliphatic heterocycles. The third-order valence-electron chi connectivity index (χ3n) is 4.15. The summed E-state index contributed by atoms with van der Waals surface area (Å²) in [5.74, 6) is 1.02. The zero-order valence-electron chi connectivity index (χ0n) is 14.2. The van der Waals surface area contributed by atoms with Gasteiger partial charge in [0.05, 0.1) is 25.6 Å². The number of rotatable bonds is 5. The van der Waals surface area contributed by atoms with Crippen molar-refractivity contribution < 1.29 is 19.1 Å². The van der Waals surface area contributed by atoms with E-state index in [9.17, 15) is 9.59 Å². The highest BCUT2D eigenvalue weighted by Crippen LogP contribution is 2.30. The van der Waals surface area contributed by atoms with Crippen molar-refractivity contribution in [2.75, 3.05) is 31.0 Å². The molecule has 1 N–H and O–H groups in total. The topological polar surface area (TPSA) is 67.9 Å². The molecule has 0 aromatic heterocycles. The molecule has 0 fully saturated rings. The number of nitrogens with one attached hydrogen (secondary N) is 1. The number of amides is 2. The van der Waals surface area contributed by atoms with Gasteiger partial charge in [0.15, 0.2) is 11.5 Å². The van der Waals surface area contributed by atoms with Gasteiger partial charge in [-0.25, -0.2) is 0 Å². The Hall–Kier alpha value is -3.02. The van der Waals surface area contributed by atoms with Crippen LogP contribution in [-0.2, 0) is 16.0 Å². The summed E-state index contributed by atoms with van der Waals surface area (Å²) in [6.07, 6.45) is 0.858. The van der Waals surface area contributed by atoms with Crippen LogP contribution in [0.25, 0.3) is 0 Å². The first-order valence-electron chi connectivity index (χ1n) is 8.02. The first-order chi connectivity index (χ1) is 12.1. The Morgan fingerprint density at radius 1 is 1.12 bits per heavy atom. The molecule has 3 rings (SSSR count). The lowest BCUT2D eigenvalue weighted by atomic mass is 10.1. The second-order valence-corrected chi connectivity index (χ2v) is 5.73. The Morgan fingerprint density at radius 2 is 1.88 bits per heavy atom. The van der Waals surface area contributed by atoms with Gasteiger partial charge in [-0.05, 0) is 36.2 Å². The zero-order valence-corrected chi connectivity index (χ0v) is 14.2. The van der Waals surface area contributed by atoms with Crippen molar-refractivity contribution in [3.63, 3.8) is 0 Å². The molecule has 0 saturated heterocycles. The van der Waals surface area contributed by atoms with E-state index < -0.39 is 0 Å². The van der Waals surface area contributed by atoms with Gasteiger partial charge in [0.25, 0.3) is 0 Å². The maximum Gasteiger partial charge on any atom is 0.244 e. The molecule has 2 aromatic rings. The van der Waals surface area contributed by atoms with Crippen LogP contribution in [0, 0.1) is 0 Å². The van der Waals surface area contributed by atoms with E-state index in [1.807, 2.05) is 36.4 Å². The molecule has 130 valence electrons. The maximum atomic E-state index is 12.6. The molecule has 1 aliphatic rings. The SMILES string of the molecule is COc1ccc(CCC(=O)N2CC(=O)Nc3ccccc32)cc1OC. The minimum atomic E-state index is -0.182. The highest BCUT2D eigenvalue weighted by Gasteiger charge is 2.26. The van der Waals surface area contributed by atoms with Crippen LogP contribution in [0.2, 0.25) is 0 Å². The monoisotopic (exact) mass is 340 g/mol. The summed E-state index contributed by atoms with van der Waals surface area (Å²) in [4.78, 5) is 26.0. The number of para-hydroxylation sites is 2. The van der Waals surface area contributed by atoms with Gasteiger partial charge in [0.2, 0.25) is 11.8 Å². The van der Waals surface area contributed by atoms with E-state index in [-0.39, 0.29) is 18.4 Å². The van der Waals surface area contributed by atoms with Crippen LogP contribution < -0.4 is 19.7 Å². The van der Waals surface area contributed by atoms with Gasteiger partial charge in [-0.15, -0.1) is 0 Å². The molecular weight excluding hydrogens is 320 g/mol. The third-order valence-corrected chi connectivity index (χ3v) is 4.15. The summed E-state index contributed by atoms with van der Waals surface area (Å²) in [5.41, 5.74) is 2.37. The van der Waals surface area contributed by atoms with Crippen molar-refractivity contribution in [1.82, 2.24) is 0 Å². The Bertz CT molecular complexity index is 804. The summed E-state index contributed by atoms with van der Waals surface area (Å²) in [6, 6.07) is 12.9. The van der Waals surface area contributed by atoms with Crippen molar-refractivity contribution in [3.8, 4) is 11.5 Å². The second-order valence-electron chi connectivity index (χ2n) is 5.73. The lowest BCUT2D eigenvalue weighted by molar-refractivity contribution is -0.121. The smallest absolute Gasteiger partial charge is 0.244 e. The summed E-state index contributed by atoms with van der Waals surface area (Å²) in [6.45, 7) is 0.0434. The van der Waals surface area contributed by atoms with E-state index in [0.717, 1.165) is 11.3 Å². The van der Waals surface area contributed by atoms with Gasteiger partial charge in [-0.1, -0.05) is 18.2 Å². The van der Waals surface area contributed by atoms with Crippen LogP contribution in [-0.4, -0.2) is 32.6 Å². The average molecular weight is 340 g/mol. The van der Waals surface area contributed by atoms with Gasteiger partial charge < -0.3 is 19.7 Å². The molecule has 0 aliphatic carbocycles. The van der Waals surface area contributed by atoms with E-state index in [1.54, 1.807) is 20.3 Å². The number of ether oxygens (including phenoxy) is 2. The summed E-state index contributed by atoms with van der Waals surface area (Å²) in [7, 11) is 3.16. The van der Waals surface area contributed by atoms with E-state index in [1.165, 1.54) is 4.90 Å². The average Bonchev–Trinajstić information content (AvgIpc) is 2.65. The summed E-state index contributed by atoms with van der Waals surface area (Å²) >= 11 is 0. The summed E-state index contributed by atoms with van der Waals surface area (Å²) in [5, 5.41) is 2.78. The Kier molecular flexibility index (Phi) is 4.88. The largest absolute Gasteiger partial charge is 0.493 e. The fourth-order valence-corrected chi connectivity index (χ4v) is 2.88. The number of methoxy groups -OCH3 is 2. The van der Waals surface area contributed by atoms with Crippen molar-refractivity contribution in [1.29, 1.82) is 0 Å². The quantitative estimate of drug-likeness (QED) is 0.908. The molecule has 25 heavy (non-hydrogen) atoms. The van der Waals surface area contributed by atoms with Crippen LogP contribution in [0.1, 0.15) is 12.0 Å². The number of fused-ring (bicyclic) bond motifs is 1. The van der Waals surface area contributed by atoms with Crippen LogP contribution in [0.4, 0.5) is 11.4 Å². The number of hydrogen-bond donors (Lipinski definition) is 1. The van der Waals surface area contributed by atoms with Crippen LogP contribution >= 0.6 is 0 Å². The lowest BCUT2D eigenvalue weighted by Crippen LogP contribution is -2.42. The predicted octanol–water partition coefficient (Wildman–Crippen LogP) is 2.62. The molecule has 6 heteroatoms. The molecule has 0 unspecified atom stereocenters. The minimum absolute atomic E-state index is 0.0434. The summed E-state index contributed by atoms with van der Waals surface area (Å²) < 4.78 is 10.5. The molecule has 2 amide bonds. The minimum Gasteiger partial charge on any atom is -0.493 e. The van der Waals surface area contributed by atoms with Crippen LogP contribution in [0.5, 0.6) is 11.5 Å². The number of carbonyl (C=O) groups is 2. The van der Waals surface area contributed by atoms with E-state index >= 15 is 0 Å². The van der Waals surface area contributed by atoms with Crippen molar-refractivity contribution in [2.24, 2.45) is 0 Å². The van der Waals surface area contributed by atoms with Gasteiger partial charge in [0, 0.05) is 6.42 Å². The Labute approximate surface area is 146 Å². The number of carbonyl (C=O) groups excluding carboxylic acids is 2. The number of hydrogen-bond acceptors (Lipinski definition) is 4. The van der Waals surface area contributed by atoms with Gasteiger partial charge in [0.1, 0.15) is 6.54 Å². The zero-order chi connectivity index (χ0) is 17.8. The van der Waals surface area contributed by atoms with E-state index in [4.69, 9.17) is 9.47 Å². The maximum absolute atomic E-state index is 12.6. The van der Waals surface area contributed by atoms with Crippen LogP contribution in [0.15, 0.2) is 42.5 Å². The lowest BCUT2D eigenvalue weighted by Gasteiger charge is -2.29. The molecule has 6 nitrogen and oxygen atoms in total. The van der Waals surface area contributed by atoms with Crippen molar-refractivity contribution in [2.45, 2.75) is 12.8 Å². The normalized spacial score (nSPS) is 13.0. The molecule has 0 bridgehead atoms. The highest BCUT2D eigenvalue weighted by atomic mass is 16.5. The Morgan fingerprint density at radius 3 is 2.64 bits per heavy atom.